The summed E-state index contributed by atoms with van der Waals surface area (Å²) in [5, 5.41) is 3.74. The number of anilines is 3. The molecule has 0 radical (unpaired) electrons. The number of aromatic nitrogens is 3. The van der Waals surface area contributed by atoms with Gasteiger partial charge in [0, 0.05) is 25.8 Å². The summed E-state index contributed by atoms with van der Waals surface area (Å²) in [7, 11) is 1.63. The minimum atomic E-state index is -4.50. The molecule has 3 aromatic rings. The fourth-order valence-electron chi connectivity index (χ4n) is 3.78. The number of aryl methyl sites for hydroxylation is 1. The number of nitrogens with one attached hydrogen (secondary N) is 1. The van der Waals surface area contributed by atoms with Crippen molar-refractivity contribution in [2.24, 2.45) is 7.05 Å². The van der Waals surface area contributed by atoms with E-state index in [4.69, 9.17) is 10.5 Å². The Balaban J connectivity index is 1.74. The number of nitrogens with two attached hydrogens (primary N) is 1. The lowest BCUT2D eigenvalue weighted by Crippen LogP contribution is -2.40. The zero-order chi connectivity index (χ0) is 23.0. The molecule has 0 aliphatic carbocycles. The third-order valence-corrected chi connectivity index (χ3v) is 5.50. The molecule has 0 bridgehead atoms. The average Bonchev–Trinajstić information content (AvgIpc) is 2.76. The van der Waals surface area contributed by atoms with Crippen LogP contribution in [0.5, 0.6) is 0 Å². The van der Waals surface area contributed by atoms with E-state index in [9.17, 15) is 18.0 Å². The van der Waals surface area contributed by atoms with Crippen molar-refractivity contribution in [1.29, 1.82) is 0 Å². The van der Waals surface area contributed by atoms with E-state index in [1.165, 1.54) is 17.0 Å². The molecule has 170 valence electrons. The molecule has 0 spiro atoms. The second-order valence-electron chi connectivity index (χ2n) is 7.70. The van der Waals surface area contributed by atoms with Gasteiger partial charge in [0.15, 0.2) is 0 Å². The van der Waals surface area contributed by atoms with Gasteiger partial charge in [0.05, 0.1) is 30.2 Å². The van der Waals surface area contributed by atoms with Gasteiger partial charge in [0.2, 0.25) is 0 Å². The minimum Gasteiger partial charge on any atom is -0.399 e. The first-order valence-electron chi connectivity index (χ1n) is 10.1. The molecule has 1 aromatic carbocycles. The zero-order valence-corrected chi connectivity index (χ0v) is 17.6. The Morgan fingerprint density at radius 1 is 1.16 bits per heavy atom. The minimum absolute atomic E-state index is 0.0213. The predicted octanol–water partition coefficient (Wildman–Crippen LogP) is 2.94. The number of morpholine rings is 1. The summed E-state index contributed by atoms with van der Waals surface area (Å²) in [6.07, 6.45) is -3.19. The topological polar surface area (TPSA) is 98.3 Å². The fraction of sp³-hybridized carbons (Fsp3) is 0.381. The van der Waals surface area contributed by atoms with Gasteiger partial charge >= 0.3 is 6.18 Å². The Labute approximate surface area is 181 Å². The van der Waals surface area contributed by atoms with Gasteiger partial charge in [0.1, 0.15) is 23.5 Å². The SMILES string of the molecule is C[C@@H](Nc1ncnc2c1cc(N1CCOCC1)c(=O)n2C)c1cc(N)cc(C(F)(F)F)c1. The molecule has 3 heterocycles. The van der Waals surface area contributed by atoms with Crippen LogP contribution in [-0.2, 0) is 18.0 Å². The van der Waals surface area contributed by atoms with Crippen LogP contribution in [0.1, 0.15) is 24.1 Å². The third kappa shape index (κ3) is 4.20. The summed E-state index contributed by atoms with van der Waals surface area (Å²) < 4.78 is 46.4. The third-order valence-electron chi connectivity index (χ3n) is 5.50. The molecule has 1 aliphatic rings. The number of pyridine rings is 1. The van der Waals surface area contributed by atoms with Crippen LogP contribution in [-0.4, -0.2) is 40.8 Å². The fourth-order valence-corrected chi connectivity index (χ4v) is 3.78. The summed E-state index contributed by atoms with van der Waals surface area (Å²) >= 11 is 0. The van der Waals surface area contributed by atoms with E-state index in [1.807, 2.05) is 4.90 Å². The Morgan fingerprint density at radius 2 is 1.88 bits per heavy atom. The molecule has 0 amide bonds. The smallest absolute Gasteiger partial charge is 0.399 e. The normalized spacial score (nSPS) is 15.7. The number of hydrogen-bond donors (Lipinski definition) is 2. The highest BCUT2D eigenvalue weighted by Crippen LogP contribution is 2.34. The van der Waals surface area contributed by atoms with E-state index < -0.39 is 17.8 Å². The number of benzene rings is 1. The van der Waals surface area contributed by atoms with E-state index >= 15 is 0 Å². The summed E-state index contributed by atoms with van der Waals surface area (Å²) in [5.74, 6) is 0.406. The molecular weight excluding hydrogens is 425 g/mol. The molecule has 1 aliphatic heterocycles. The highest BCUT2D eigenvalue weighted by atomic mass is 19.4. The molecule has 0 saturated carbocycles. The lowest BCUT2D eigenvalue weighted by atomic mass is 10.0. The highest BCUT2D eigenvalue weighted by molar-refractivity contribution is 5.89. The van der Waals surface area contributed by atoms with E-state index in [1.54, 1.807) is 20.0 Å². The van der Waals surface area contributed by atoms with Crippen molar-refractivity contribution in [2.75, 3.05) is 42.3 Å². The Kier molecular flexibility index (Phi) is 5.68. The first kappa shape index (κ1) is 21.9. The van der Waals surface area contributed by atoms with Gasteiger partial charge in [-0.2, -0.15) is 13.2 Å². The van der Waals surface area contributed by atoms with E-state index in [0.29, 0.717) is 54.4 Å². The first-order chi connectivity index (χ1) is 15.1. The Morgan fingerprint density at radius 3 is 2.56 bits per heavy atom. The molecule has 32 heavy (non-hydrogen) atoms. The number of alkyl halides is 3. The van der Waals surface area contributed by atoms with Crippen molar-refractivity contribution in [2.45, 2.75) is 19.1 Å². The average molecular weight is 448 g/mol. The predicted molar refractivity (Wildman–Crippen MR) is 116 cm³/mol. The Bertz CT molecular complexity index is 1200. The molecule has 1 saturated heterocycles. The van der Waals surface area contributed by atoms with Crippen LogP contribution in [0.2, 0.25) is 0 Å². The maximum absolute atomic E-state index is 13.2. The second-order valence-corrected chi connectivity index (χ2v) is 7.70. The summed E-state index contributed by atoms with van der Waals surface area (Å²) in [6, 6.07) is 4.64. The van der Waals surface area contributed by atoms with Crippen LogP contribution >= 0.6 is 0 Å². The van der Waals surface area contributed by atoms with Crippen molar-refractivity contribution in [3.05, 3.63) is 52.1 Å². The second kappa shape index (κ2) is 8.30. The van der Waals surface area contributed by atoms with Gasteiger partial charge in [-0.3, -0.25) is 9.36 Å². The highest BCUT2D eigenvalue weighted by Gasteiger charge is 2.31. The van der Waals surface area contributed by atoms with E-state index in [2.05, 4.69) is 15.3 Å². The van der Waals surface area contributed by atoms with Crippen LogP contribution in [0.3, 0.4) is 0 Å². The largest absolute Gasteiger partial charge is 0.416 e. The standard InChI is InChI=1S/C21H23F3N6O2/c1-12(13-7-14(21(22,23)24)9-15(25)8-13)28-18-16-10-17(30-3-5-32-6-4-30)20(31)29(2)19(16)27-11-26-18/h7-12H,3-6,25H2,1-2H3,(H,26,27,28)/t12-/m1/s1. The van der Waals surface area contributed by atoms with Crippen molar-refractivity contribution >= 4 is 28.2 Å². The zero-order valence-electron chi connectivity index (χ0n) is 17.6. The van der Waals surface area contributed by atoms with Crippen LogP contribution < -0.4 is 21.5 Å². The molecule has 8 nitrogen and oxygen atoms in total. The van der Waals surface area contributed by atoms with Crippen molar-refractivity contribution < 1.29 is 17.9 Å². The molecule has 1 fully saturated rings. The monoisotopic (exact) mass is 448 g/mol. The number of rotatable bonds is 4. The van der Waals surface area contributed by atoms with Gasteiger partial charge < -0.3 is 20.7 Å². The van der Waals surface area contributed by atoms with Crippen LogP contribution in [0.25, 0.3) is 11.0 Å². The molecular formula is C21H23F3N6O2. The van der Waals surface area contributed by atoms with E-state index in [0.717, 1.165) is 12.1 Å². The summed E-state index contributed by atoms with van der Waals surface area (Å²) in [5.41, 5.74) is 6.00. The maximum Gasteiger partial charge on any atom is 0.416 e. The van der Waals surface area contributed by atoms with Crippen LogP contribution in [0.4, 0.5) is 30.4 Å². The summed E-state index contributed by atoms with van der Waals surface area (Å²) in [6.45, 7) is 3.92. The number of ether oxygens (including phenoxy) is 1. The first-order valence-corrected chi connectivity index (χ1v) is 10.1. The van der Waals surface area contributed by atoms with Gasteiger partial charge in [-0.25, -0.2) is 9.97 Å². The molecule has 1 atom stereocenters. The lowest BCUT2D eigenvalue weighted by molar-refractivity contribution is -0.137. The molecule has 11 heteroatoms. The van der Waals surface area contributed by atoms with Crippen LogP contribution in [0, 0.1) is 0 Å². The van der Waals surface area contributed by atoms with Crippen molar-refractivity contribution in [1.82, 2.24) is 14.5 Å². The number of nitrogens with zero attached hydrogens (tertiary/aromatic N) is 4. The van der Waals surface area contributed by atoms with Gasteiger partial charge in [-0.05, 0) is 36.8 Å². The Hall–Kier alpha value is -3.34. The quantitative estimate of drug-likeness (QED) is 0.592. The molecule has 2 aromatic heterocycles. The molecule has 4 rings (SSSR count). The van der Waals surface area contributed by atoms with Gasteiger partial charge in [0.25, 0.3) is 5.56 Å². The van der Waals surface area contributed by atoms with Gasteiger partial charge in [-0.1, -0.05) is 0 Å². The van der Waals surface area contributed by atoms with Crippen LogP contribution in [0.15, 0.2) is 35.4 Å². The number of fused-ring (bicyclic) bond motifs is 1. The number of halogens is 3. The number of hydrogen-bond acceptors (Lipinski definition) is 7. The molecule has 0 unspecified atom stereocenters. The molecule has 3 N–H and O–H groups in total. The van der Waals surface area contributed by atoms with Gasteiger partial charge in [-0.15, -0.1) is 0 Å². The maximum atomic E-state index is 13.2. The van der Waals surface area contributed by atoms with E-state index in [-0.39, 0.29) is 11.2 Å². The van der Waals surface area contributed by atoms with Crippen molar-refractivity contribution in [3.8, 4) is 0 Å². The lowest BCUT2D eigenvalue weighted by Gasteiger charge is -2.28. The van der Waals surface area contributed by atoms with Crippen molar-refractivity contribution in [3.63, 3.8) is 0 Å². The summed E-state index contributed by atoms with van der Waals surface area (Å²) in [4.78, 5) is 23.3. The number of nitrogen functional groups attached to an aromatic ring is 1.